The molecule has 128 valence electrons. The van der Waals surface area contributed by atoms with Crippen LogP contribution in [0.15, 0.2) is 29.2 Å². The van der Waals surface area contributed by atoms with Crippen molar-refractivity contribution in [2.75, 3.05) is 19.8 Å². The topological polar surface area (TPSA) is 66.5 Å². The lowest BCUT2D eigenvalue weighted by Gasteiger charge is -2.25. The smallest absolute Gasteiger partial charge is 0.234 e. The number of hydrogen-bond donors (Lipinski definition) is 1. The lowest BCUT2D eigenvalue weighted by Crippen LogP contribution is -2.40. The molecular formula is C17H26N2O3S. The fourth-order valence-electron chi connectivity index (χ4n) is 2.95. The van der Waals surface area contributed by atoms with E-state index in [4.69, 9.17) is 0 Å². The highest BCUT2D eigenvalue weighted by atomic mass is 32.2. The van der Waals surface area contributed by atoms with Crippen LogP contribution in [0.4, 0.5) is 0 Å². The molecule has 1 aliphatic rings. The van der Waals surface area contributed by atoms with Crippen LogP contribution in [0.3, 0.4) is 0 Å². The fraction of sp³-hybridized carbons (Fsp3) is 0.588. The average Bonchev–Trinajstić information content (AvgIpc) is 2.98. The maximum absolute atomic E-state index is 12.1. The predicted octanol–water partition coefficient (Wildman–Crippen LogP) is 2.14. The Bertz CT molecular complexity index is 634. The first kappa shape index (κ1) is 17.9. The number of rotatable bonds is 6. The van der Waals surface area contributed by atoms with E-state index in [2.05, 4.69) is 5.32 Å². The molecule has 0 aliphatic heterocycles. The van der Waals surface area contributed by atoms with E-state index in [9.17, 15) is 13.2 Å². The number of hydrogen-bond acceptors (Lipinski definition) is 4. The Kier molecular flexibility index (Phi) is 5.81. The Balaban J connectivity index is 1.93. The zero-order valence-electron chi connectivity index (χ0n) is 14.1. The molecule has 5 nitrogen and oxygen atoms in total. The van der Waals surface area contributed by atoms with Gasteiger partial charge >= 0.3 is 0 Å². The predicted molar refractivity (Wildman–Crippen MR) is 91.0 cm³/mol. The van der Waals surface area contributed by atoms with Gasteiger partial charge in [0.2, 0.25) is 5.91 Å². The summed E-state index contributed by atoms with van der Waals surface area (Å²) in [6.07, 6.45) is 5.76. The highest BCUT2D eigenvalue weighted by molar-refractivity contribution is 7.90. The van der Waals surface area contributed by atoms with Crippen molar-refractivity contribution >= 4 is 15.7 Å². The molecule has 2 rings (SSSR count). The summed E-state index contributed by atoms with van der Waals surface area (Å²) in [5, 5.41) is 3.09. The Hall–Kier alpha value is -1.40. The van der Waals surface area contributed by atoms with Gasteiger partial charge in [-0.2, -0.15) is 0 Å². The first-order valence-electron chi connectivity index (χ1n) is 8.07. The summed E-state index contributed by atoms with van der Waals surface area (Å²) < 4.78 is 23.0. The first-order valence-corrected chi connectivity index (χ1v) is 9.96. The number of carbonyl (C=O) groups is 1. The summed E-state index contributed by atoms with van der Waals surface area (Å²) in [7, 11) is -1.27. The van der Waals surface area contributed by atoms with Gasteiger partial charge in [0.05, 0.1) is 11.4 Å². The number of nitrogens with one attached hydrogen (secondary N) is 1. The van der Waals surface area contributed by atoms with Crippen molar-refractivity contribution in [1.29, 1.82) is 0 Å². The minimum atomic E-state index is -3.18. The third-order valence-corrected chi connectivity index (χ3v) is 5.69. The number of carbonyl (C=O) groups excluding carboxylic acids is 1. The average molecular weight is 338 g/mol. The minimum Gasteiger partial charge on any atom is -0.352 e. The highest BCUT2D eigenvalue weighted by Gasteiger charge is 2.20. The van der Waals surface area contributed by atoms with Crippen molar-refractivity contribution in [2.45, 2.75) is 49.6 Å². The molecule has 0 heterocycles. The molecule has 1 aromatic rings. The molecule has 0 radical (unpaired) electrons. The molecule has 1 aliphatic carbocycles. The van der Waals surface area contributed by atoms with Crippen molar-refractivity contribution < 1.29 is 13.2 Å². The summed E-state index contributed by atoms with van der Waals surface area (Å²) in [5.74, 6) is 0.0546. The van der Waals surface area contributed by atoms with Crippen molar-refractivity contribution in [3.8, 4) is 0 Å². The molecule has 0 saturated heterocycles. The van der Waals surface area contributed by atoms with E-state index in [-0.39, 0.29) is 11.9 Å². The molecule has 1 aromatic carbocycles. The lowest BCUT2D eigenvalue weighted by molar-refractivity contribution is -0.123. The van der Waals surface area contributed by atoms with Gasteiger partial charge in [0.15, 0.2) is 9.84 Å². The Morgan fingerprint density at radius 2 is 1.83 bits per heavy atom. The van der Waals surface area contributed by atoms with Crippen LogP contribution in [-0.2, 0) is 14.6 Å². The fourth-order valence-corrected chi connectivity index (χ4v) is 3.59. The van der Waals surface area contributed by atoms with Crippen LogP contribution in [0.2, 0.25) is 0 Å². The van der Waals surface area contributed by atoms with Crippen LogP contribution >= 0.6 is 0 Å². The number of sulfone groups is 1. The molecule has 1 fully saturated rings. The summed E-state index contributed by atoms with van der Waals surface area (Å²) >= 11 is 0. The van der Waals surface area contributed by atoms with Crippen LogP contribution < -0.4 is 5.32 Å². The Morgan fingerprint density at radius 1 is 1.26 bits per heavy atom. The number of amides is 1. The zero-order valence-corrected chi connectivity index (χ0v) is 14.9. The zero-order chi connectivity index (χ0) is 17.0. The second-order valence-electron chi connectivity index (χ2n) is 6.48. The molecule has 0 spiro atoms. The number of nitrogens with zero attached hydrogens (tertiary/aromatic N) is 1. The number of benzene rings is 1. The molecule has 1 atom stereocenters. The molecule has 1 saturated carbocycles. The van der Waals surface area contributed by atoms with Gasteiger partial charge < -0.3 is 5.32 Å². The van der Waals surface area contributed by atoms with Gasteiger partial charge in [-0.15, -0.1) is 0 Å². The second-order valence-corrected chi connectivity index (χ2v) is 8.50. The largest absolute Gasteiger partial charge is 0.352 e. The van der Waals surface area contributed by atoms with Gasteiger partial charge in [0.1, 0.15) is 0 Å². The van der Waals surface area contributed by atoms with Gasteiger partial charge in [-0.3, -0.25) is 9.69 Å². The van der Waals surface area contributed by atoms with E-state index in [1.54, 1.807) is 12.1 Å². The summed E-state index contributed by atoms with van der Waals surface area (Å²) in [5.41, 5.74) is 0.994. The van der Waals surface area contributed by atoms with Crippen LogP contribution in [0, 0.1) is 0 Å². The Morgan fingerprint density at radius 3 is 2.35 bits per heavy atom. The quantitative estimate of drug-likeness (QED) is 0.863. The molecule has 0 bridgehead atoms. The summed E-state index contributed by atoms with van der Waals surface area (Å²) in [6.45, 7) is 2.35. The standard InChI is InChI=1S/C17H26N2O3S/c1-13(14-8-10-16(11-9-14)23(3,21)22)19(2)12-17(20)18-15-6-4-5-7-15/h8-11,13,15H,4-7,12H2,1-3H3,(H,18,20). The van der Waals surface area contributed by atoms with Crippen LogP contribution in [0.5, 0.6) is 0 Å². The van der Waals surface area contributed by atoms with E-state index in [1.165, 1.54) is 19.1 Å². The third-order valence-electron chi connectivity index (χ3n) is 4.57. The normalized spacial score (nSPS) is 17.4. The highest BCUT2D eigenvalue weighted by Crippen LogP contribution is 2.21. The van der Waals surface area contributed by atoms with E-state index in [1.807, 2.05) is 31.0 Å². The second kappa shape index (κ2) is 7.45. The van der Waals surface area contributed by atoms with E-state index in [0.717, 1.165) is 18.4 Å². The van der Waals surface area contributed by atoms with Crippen LogP contribution in [-0.4, -0.2) is 45.1 Å². The van der Waals surface area contributed by atoms with Gasteiger partial charge in [0.25, 0.3) is 0 Å². The SMILES string of the molecule is CC(c1ccc(S(C)(=O)=O)cc1)N(C)CC(=O)NC1CCCC1. The molecule has 23 heavy (non-hydrogen) atoms. The van der Waals surface area contributed by atoms with E-state index < -0.39 is 9.84 Å². The molecule has 6 heteroatoms. The van der Waals surface area contributed by atoms with Gasteiger partial charge in [0, 0.05) is 18.3 Å². The van der Waals surface area contributed by atoms with Gasteiger partial charge in [-0.25, -0.2) is 8.42 Å². The lowest BCUT2D eigenvalue weighted by atomic mass is 10.1. The van der Waals surface area contributed by atoms with Gasteiger partial charge in [-0.05, 0) is 44.5 Å². The van der Waals surface area contributed by atoms with E-state index in [0.29, 0.717) is 17.5 Å². The molecule has 1 N–H and O–H groups in total. The first-order chi connectivity index (χ1) is 10.8. The third kappa shape index (κ3) is 5.04. The molecule has 1 unspecified atom stereocenters. The molecule has 1 amide bonds. The maximum atomic E-state index is 12.1. The molecule has 0 aromatic heterocycles. The summed E-state index contributed by atoms with van der Waals surface area (Å²) in [4.78, 5) is 14.4. The maximum Gasteiger partial charge on any atom is 0.234 e. The van der Waals surface area contributed by atoms with E-state index >= 15 is 0 Å². The van der Waals surface area contributed by atoms with Crippen molar-refractivity contribution in [1.82, 2.24) is 10.2 Å². The number of likely N-dealkylation sites (N-methyl/N-ethyl adjacent to an activating group) is 1. The monoisotopic (exact) mass is 338 g/mol. The van der Waals surface area contributed by atoms with Crippen molar-refractivity contribution in [3.05, 3.63) is 29.8 Å². The Labute approximate surface area is 139 Å². The van der Waals surface area contributed by atoms with Crippen molar-refractivity contribution in [3.63, 3.8) is 0 Å². The van der Waals surface area contributed by atoms with Crippen LogP contribution in [0.1, 0.15) is 44.2 Å². The minimum absolute atomic E-state index is 0.0398. The van der Waals surface area contributed by atoms with Crippen molar-refractivity contribution in [2.24, 2.45) is 0 Å². The van der Waals surface area contributed by atoms with Gasteiger partial charge in [-0.1, -0.05) is 25.0 Å². The molecular weight excluding hydrogens is 312 g/mol. The van der Waals surface area contributed by atoms with Crippen LogP contribution in [0.25, 0.3) is 0 Å². The summed E-state index contributed by atoms with van der Waals surface area (Å²) in [6, 6.07) is 7.23.